The lowest BCUT2D eigenvalue weighted by atomic mass is 10.1. The second-order valence-corrected chi connectivity index (χ2v) is 6.82. The lowest BCUT2D eigenvalue weighted by Gasteiger charge is -2.20. The molecule has 0 atom stereocenters. The summed E-state index contributed by atoms with van der Waals surface area (Å²) in [5, 5.41) is 15.2. The summed E-state index contributed by atoms with van der Waals surface area (Å²) in [7, 11) is 0. The van der Waals surface area contributed by atoms with E-state index < -0.39 is 0 Å². The molecule has 29 heavy (non-hydrogen) atoms. The van der Waals surface area contributed by atoms with Gasteiger partial charge in [0.1, 0.15) is 0 Å². The van der Waals surface area contributed by atoms with Crippen LogP contribution in [-0.2, 0) is 19.6 Å². The van der Waals surface area contributed by atoms with Crippen molar-refractivity contribution in [3.05, 3.63) is 65.6 Å². The number of rotatable bonds is 9. The topological polar surface area (TPSA) is 69.8 Å². The van der Waals surface area contributed by atoms with Crippen molar-refractivity contribution < 1.29 is 0 Å². The van der Waals surface area contributed by atoms with Gasteiger partial charge in [0.2, 0.25) is 0 Å². The zero-order chi connectivity index (χ0) is 20.5. The molecule has 0 aliphatic heterocycles. The van der Waals surface area contributed by atoms with E-state index in [1.165, 1.54) is 11.1 Å². The third kappa shape index (κ3) is 5.54. The number of aliphatic imine (C=N–C) groups is 1. The summed E-state index contributed by atoms with van der Waals surface area (Å²) < 4.78 is 1.98. The number of hydrogen-bond acceptors (Lipinski definition) is 4. The Labute approximate surface area is 172 Å². The van der Waals surface area contributed by atoms with Gasteiger partial charge < -0.3 is 10.6 Å². The van der Waals surface area contributed by atoms with Gasteiger partial charge in [-0.25, -0.2) is 4.99 Å². The van der Waals surface area contributed by atoms with E-state index in [2.05, 4.69) is 70.8 Å². The van der Waals surface area contributed by atoms with Crippen molar-refractivity contribution in [2.75, 3.05) is 19.6 Å². The minimum Gasteiger partial charge on any atom is -0.357 e. The highest BCUT2D eigenvalue weighted by molar-refractivity contribution is 5.79. The standard InChI is InChI=1S/C22H31N7/c1-4-23-22(25-16-21-27-26-20-13-9-10-14-29(20)21)24-15-18-11-7-8-12-19(18)17-28(5-2)6-3/h7-14H,4-6,15-17H2,1-3H3,(H2,23,24,25). The Bertz CT molecular complexity index is 928. The lowest BCUT2D eigenvalue weighted by molar-refractivity contribution is 0.295. The van der Waals surface area contributed by atoms with Crippen molar-refractivity contribution in [3.63, 3.8) is 0 Å². The molecule has 0 spiro atoms. The molecule has 0 aliphatic rings. The maximum absolute atomic E-state index is 4.80. The van der Waals surface area contributed by atoms with Crippen LogP contribution >= 0.6 is 0 Å². The third-order valence-electron chi connectivity index (χ3n) is 4.96. The second-order valence-electron chi connectivity index (χ2n) is 6.82. The summed E-state index contributed by atoms with van der Waals surface area (Å²) in [5.41, 5.74) is 3.43. The average molecular weight is 394 g/mol. The van der Waals surface area contributed by atoms with E-state index in [-0.39, 0.29) is 0 Å². The molecule has 3 aromatic rings. The molecule has 3 rings (SSSR count). The molecule has 0 radical (unpaired) electrons. The number of aromatic nitrogens is 3. The Morgan fingerprint density at radius 3 is 2.48 bits per heavy atom. The third-order valence-corrected chi connectivity index (χ3v) is 4.96. The molecule has 0 saturated heterocycles. The Morgan fingerprint density at radius 1 is 0.966 bits per heavy atom. The number of hydrogen-bond donors (Lipinski definition) is 2. The molecule has 0 unspecified atom stereocenters. The van der Waals surface area contributed by atoms with Crippen LogP contribution in [0.2, 0.25) is 0 Å². The van der Waals surface area contributed by atoms with E-state index in [9.17, 15) is 0 Å². The summed E-state index contributed by atoms with van der Waals surface area (Å²) in [5.74, 6) is 1.63. The van der Waals surface area contributed by atoms with Gasteiger partial charge in [-0.15, -0.1) is 10.2 Å². The predicted molar refractivity (Wildman–Crippen MR) is 118 cm³/mol. The maximum atomic E-state index is 4.80. The number of nitrogens with zero attached hydrogens (tertiary/aromatic N) is 5. The molecule has 7 nitrogen and oxygen atoms in total. The number of pyridine rings is 1. The molecular weight excluding hydrogens is 362 g/mol. The van der Waals surface area contributed by atoms with Crippen LogP contribution in [-0.4, -0.2) is 45.1 Å². The molecule has 2 heterocycles. The van der Waals surface area contributed by atoms with Gasteiger partial charge in [-0.1, -0.05) is 44.2 Å². The number of nitrogens with one attached hydrogen (secondary N) is 2. The summed E-state index contributed by atoms with van der Waals surface area (Å²) in [6.07, 6.45) is 1.97. The predicted octanol–water partition coefficient (Wildman–Crippen LogP) is 2.83. The molecule has 0 aliphatic carbocycles. The van der Waals surface area contributed by atoms with E-state index in [0.717, 1.165) is 43.6 Å². The average Bonchev–Trinajstić information content (AvgIpc) is 3.18. The molecule has 2 N–H and O–H groups in total. The van der Waals surface area contributed by atoms with Crippen LogP contribution < -0.4 is 10.6 Å². The van der Waals surface area contributed by atoms with Gasteiger partial charge in [0, 0.05) is 19.3 Å². The van der Waals surface area contributed by atoms with E-state index in [1.807, 2.05) is 28.8 Å². The molecular formula is C22H31N7. The van der Waals surface area contributed by atoms with E-state index in [0.29, 0.717) is 13.1 Å². The van der Waals surface area contributed by atoms with Gasteiger partial charge in [0.15, 0.2) is 17.4 Å². The van der Waals surface area contributed by atoms with Gasteiger partial charge in [-0.2, -0.15) is 0 Å². The van der Waals surface area contributed by atoms with Gasteiger partial charge in [-0.3, -0.25) is 9.30 Å². The second kappa shape index (κ2) is 10.6. The highest BCUT2D eigenvalue weighted by atomic mass is 15.3. The highest BCUT2D eigenvalue weighted by Crippen LogP contribution is 2.13. The minimum atomic E-state index is 0.554. The van der Waals surface area contributed by atoms with Crippen molar-refractivity contribution >= 4 is 11.6 Å². The van der Waals surface area contributed by atoms with Crippen molar-refractivity contribution in [3.8, 4) is 0 Å². The van der Waals surface area contributed by atoms with Crippen molar-refractivity contribution in [2.24, 2.45) is 4.99 Å². The molecule has 1 aromatic carbocycles. The molecule has 0 bridgehead atoms. The van der Waals surface area contributed by atoms with Crippen LogP contribution in [0.3, 0.4) is 0 Å². The van der Waals surface area contributed by atoms with Gasteiger partial charge in [0.05, 0.1) is 13.1 Å². The van der Waals surface area contributed by atoms with E-state index in [4.69, 9.17) is 4.99 Å². The largest absolute Gasteiger partial charge is 0.357 e. The quantitative estimate of drug-likeness (QED) is 0.432. The molecule has 2 aromatic heterocycles. The Kier molecular flexibility index (Phi) is 7.58. The fourth-order valence-corrected chi connectivity index (χ4v) is 3.23. The Balaban J connectivity index is 1.69. The molecule has 7 heteroatoms. The maximum Gasteiger partial charge on any atom is 0.191 e. The van der Waals surface area contributed by atoms with E-state index in [1.54, 1.807) is 0 Å². The van der Waals surface area contributed by atoms with Crippen LogP contribution in [0.5, 0.6) is 0 Å². The van der Waals surface area contributed by atoms with Crippen molar-refractivity contribution in [2.45, 2.75) is 40.4 Å². The summed E-state index contributed by atoms with van der Waals surface area (Å²) in [6, 6.07) is 14.4. The molecule has 154 valence electrons. The van der Waals surface area contributed by atoms with E-state index >= 15 is 0 Å². The van der Waals surface area contributed by atoms with Crippen LogP contribution in [0.15, 0.2) is 53.7 Å². The first-order valence-electron chi connectivity index (χ1n) is 10.3. The lowest BCUT2D eigenvalue weighted by Crippen LogP contribution is -2.37. The fraction of sp³-hybridized carbons (Fsp3) is 0.409. The molecule has 0 fully saturated rings. The minimum absolute atomic E-state index is 0.554. The number of fused-ring (bicyclic) bond motifs is 1. The highest BCUT2D eigenvalue weighted by Gasteiger charge is 2.08. The van der Waals surface area contributed by atoms with Gasteiger partial charge in [-0.05, 0) is 43.3 Å². The monoisotopic (exact) mass is 393 g/mol. The van der Waals surface area contributed by atoms with Crippen LogP contribution in [0.25, 0.3) is 5.65 Å². The van der Waals surface area contributed by atoms with Crippen molar-refractivity contribution in [1.82, 2.24) is 30.1 Å². The first-order chi connectivity index (χ1) is 14.2. The van der Waals surface area contributed by atoms with Gasteiger partial charge >= 0.3 is 0 Å². The molecule has 0 saturated carbocycles. The van der Waals surface area contributed by atoms with Crippen LogP contribution in [0, 0.1) is 0 Å². The van der Waals surface area contributed by atoms with Crippen LogP contribution in [0.1, 0.15) is 37.7 Å². The van der Waals surface area contributed by atoms with Gasteiger partial charge in [0.25, 0.3) is 0 Å². The number of benzene rings is 1. The normalized spacial score (nSPS) is 11.9. The SMILES string of the molecule is CCNC(=NCc1ccccc1CN(CC)CC)NCc1nnc2ccccn12. The first-order valence-corrected chi connectivity index (χ1v) is 10.3. The molecule has 0 amide bonds. The number of guanidine groups is 1. The summed E-state index contributed by atoms with van der Waals surface area (Å²) in [6.45, 7) is 11.5. The van der Waals surface area contributed by atoms with Crippen LogP contribution in [0.4, 0.5) is 0 Å². The zero-order valence-corrected chi connectivity index (χ0v) is 17.6. The van der Waals surface area contributed by atoms with Crippen molar-refractivity contribution in [1.29, 1.82) is 0 Å². The smallest absolute Gasteiger partial charge is 0.191 e. The Hall–Kier alpha value is -2.93. The Morgan fingerprint density at radius 2 is 1.72 bits per heavy atom. The first kappa shape index (κ1) is 20.8. The summed E-state index contributed by atoms with van der Waals surface area (Å²) in [4.78, 5) is 7.22. The fourth-order valence-electron chi connectivity index (χ4n) is 3.23. The zero-order valence-electron chi connectivity index (χ0n) is 17.6. The summed E-state index contributed by atoms with van der Waals surface area (Å²) >= 11 is 0.